The van der Waals surface area contributed by atoms with Gasteiger partial charge in [0.05, 0.1) is 6.20 Å². The number of amides is 1. The highest BCUT2D eigenvalue weighted by Crippen LogP contribution is 2.23. The fourth-order valence-corrected chi connectivity index (χ4v) is 3.28. The van der Waals surface area contributed by atoms with E-state index in [1.807, 2.05) is 44.4 Å². The molecule has 2 aromatic heterocycles. The molecule has 0 saturated carbocycles. The van der Waals surface area contributed by atoms with Gasteiger partial charge in [0.2, 0.25) is 5.76 Å². The Labute approximate surface area is 157 Å². The van der Waals surface area contributed by atoms with Crippen molar-refractivity contribution in [2.75, 3.05) is 13.1 Å². The predicted octanol–water partition coefficient (Wildman–Crippen LogP) is 3.07. The Morgan fingerprint density at radius 1 is 1.26 bits per heavy atom. The third-order valence-electron chi connectivity index (χ3n) is 4.74. The van der Waals surface area contributed by atoms with Gasteiger partial charge in [0, 0.05) is 50.8 Å². The zero-order valence-electron chi connectivity index (χ0n) is 15.5. The van der Waals surface area contributed by atoms with Crippen molar-refractivity contribution in [1.29, 1.82) is 0 Å². The highest BCUT2D eigenvalue weighted by atomic mass is 16.5. The molecule has 0 N–H and O–H groups in total. The maximum absolute atomic E-state index is 12.7. The largest absolute Gasteiger partial charge is 0.490 e. The molecule has 0 aliphatic carbocycles. The number of likely N-dealkylation sites (tertiary alicyclic amines) is 1. The molecule has 4 rings (SSSR count). The van der Waals surface area contributed by atoms with Crippen LogP contribution in [0.25, 0.3) is 11.3 Å². The van der Waals surface area contributed by atoms with Crippen LogP contribution in [0.3, 0.4) is 0 Å². The molecular weight excluding hydrogens is 344 g/mol. The van der Waals surface area contributed by atoms with E-state index in [-0.39, 0.29) is 17.8 Å². The van der Waals surface area contributed by atoms with Crippen LogP contribution in [0.4, 0.5) is 0 Å². The summed E-state index contributed by atoms with van der Waals surface area (Å²) >= 11 is 0. The van der Waals surface area contributed by atoms with Crippen LogP contribution >= 0.6 is 0 Å². The van der Waals surface area contributed by atoms with Crippen LogP contribution in [0, 0.1) is 6.92 Å². The van der Waals surface area contributed by atoms with Gasteiger partial charge in [0.25, 0.3) is 5.91 Å². The average Bonchev–Trinajstić information content (AvgIpc) is 3.31. The predicted molar refractivity (Wildman–Crippen MR) is 99.4 cm³/mol. The molecule has 1 saturated heterocycles. The van der Waals surface area contributed by atoms with Crippen LogP contribution < -0.4 is 4.74 Å². The molecule has 0 radical (unpaired) electrons. The third-order valence-corrected chi connectivity index (χ3v) is 4.74. The molecule has 0 atom stereocenters. The molecule has 140 valence electrons. The second-order valence-electron chi connectivity index (χ2n) is 6.91. The second-order valence-corrected chi connectivity index (χ2v) is 6.91. The smallest absolute Gasteiger partial charge is 0.292 e. The van der Waals surface area contributed by atoms with Crippen molar-refractivity contribution in [2.24, 2.45) is 7.05 Å². The number of carbonyl (C=O) groups excluding carboxylic acids is 1. The van der Waals surface area contributed by atoms with Crippen molar-refractivity contribution >= 4 is 5.91 Å². The number of aromatic nitrogens is 3. The van der Waals surface area contributed by atoms with Crippen molar-refractivity contribution in [3.05, 3.63) is 54.0 Å². The quantitative estimate of drug-likeness (QED) is 0.709. The maximum atomic E-state index is 12.7. The SMILES string of the molecule is Cc1cccc(OC2CCN(C(=O)c3cc(-c4cnn(C)c4)no3)CC2)c1. The molecule has 1 aromatic carbocycles. The zero-order valence-corrected chi connectivity index (χ0v) is 15.5. The highest BCUT2D eigenvalue weighted by molar-refractivity contribution is 5.92. The Balaban J connectivity index is 1.35. The Hall–Kier alpha value is -3.09. The average molecular weight is 366 g/mol. The minimum absolute atomic E-state index is 0.122. The first-order valence-corrected chi connectivity index (χ1v) is 9.07. The number of ether oxygens (including phenoxy) is 1. The lowest BCUT2D eigenvalue weighted by Crippen LogP contribution is -2.41. The molecule has 0 unspecified atom stereocenters. The fraction of sp³-hybridized carbons (Fsp3) is 0.350. The van der Waals surface area contributed by atoms with Crippen molar-refractivity contribution in [3.63, 3.8) is 0 Å². The van der Waals surface area contributed by atoms with Crippen LogP contribution in [0.1, 0.15) is 29.0 Å². The van der Waals surface area contributed by atoms with E-state index in [0.717, 1.165) is 24.2 Å². The Morgan fingerprint density at radius 3 is 2.78 bits per heavy atom. The van der Waals surface area contributed by atoms with Crippen molar-refractivity contribution < 1.29 is 14.1 Å². The summed E-state index contributed by atoms with van der Waals surface area (Å²) in [4.78, 5) is 14.5. The normalized spacial score (nSPS) is 15.1. The first kappa shape index (κ1) is 17.3. The highest BCUT2D eigenvalue weighted by Gasteiger charge is 2.27. The Bertz CT molecular complexity index is 938. The van der Waals surface area contributed by atoms with E-state index in [1.54, 1.807) is 21.8 Å². The topological polar surface area (TPSA) is 73.4 Å². The summed E-state index contributed by atoms with van der Waals surface area (Å²) in [6.07, 6.45) is 5.24. The standard InChI is InChI=1S/C20H22N4O3/c1-14-4-3-5-17(10-14)26-16-6-8-24(9-7-16)20(25)19-11-18(22-27-19)15-12-21-23(2)13-15/h3-5,10-13,16H,6-9H2,1-2H3. The molecule has 1 amide bonds. The number of benzene rings is 1. The summed E-state index contributed by atoms with van der Waals surface area (Å²) in [7, 11) is 1.83. The van der Waals surface area contributed by atoms with Crippen molar-refractivity contribution in [2.45, 2.75) is 25.9 Å². The monoisotopic (exact) mass is 366 g/mol. The molecule has 27 heavy (non-hydrogen) atoms. The second kappa shape index (κ2) is 7.26. The Kier molecular flexibility index (Phi) is 4.66. The lowest BCUT2D eigenvalue weighted by Gasteiger charge is -2.31. The van der Waals surface area contributed by atoms with Crippen molar-refractivity contribution in [3.8, 4) is 17.0 Å². The molecule has 0 bridgehead atoms. The van der Waals surface area contributed by atoms with E-state index in [4.69, 9.17) is 9.26 Å². The number of hydrogen-bond acceptors (Lipinski definition) is 5. The molecule has 7 heteroatoms. The number of rotatable bonds is 4. The van der Waals surface area contributed by atoms with Gasteiger partial charge >= 0.3 is 0 Å². The minimum Gasteiger partial charge on any atom is -0.490 e. The molecule has 7 nitrogen and oxygen atoms in total. The van der Waals surface area contributed by atoms with Gasteiger partial charge in [0.1, 0.15) is 17.5 Å². The summed E-state index contributed by atoms with van der Waals surface area (Å²) in [5.74, 6) is 1.01. The maximum Gasteiger partial charge on any atom is 0.292 e. The van der Waals surface area contributed by atoms with Crippen LogP contribution in [0.15, 0.2) is 47.2 Å². The van der Waals surface area contributed by atoms with E-state index in [9.17, 15) is 4.79 Å². The lowest BCUT2D eigenvalue weighted by atomic mass is 10.1. The molecular formula is C20H22N4O3. The van der Waals surface area contributed by atoms with Gasteiger partial charge in [-0.15, -0.1) is 0 Å². The van der Waals surface area contributed by atoms with Gasteiger partial charge in [-0.2, -0.15) is 5.10 Å². The molecule has 1 fully saturated rings. The van der Waals surface area contributed by atoms with Gasteiger partial charge in [-0.1, -0.05) is 17.3 Å². The number of nitrogens with zero attached hydrogens (tertiary/aromatic N) is 4. The number of carbonyl (C=O) groups is 1. The van der Waals surface area contributed by atoms with Gasteiger partial charge in [-0.3, -0.25) is 9.48 Å². The minimum atomic E-state index is -0.133. The van der Waals surface area contributed by atoms with Gasteiger partial charge in [-0.25, -0.2) is 0 Å². The molecule has 0 spiro atoms. The number of hydrogen-bond donors (Lipinski definition) is 0. The van der Waals surface area contributed by atoms with E-state index in [2.05, 4.69) is 10.3 Å². The van der Waals surface area contributed by atoms with Crippen LogP contribution in [-0.4, -0.2) is 44.9 Å². The van der Waals surface area contributed by atoms with E-state index in [0.29, 0.717) is 18.8 Å². The molecule has 1 aliphatic rings. The fourth-order valence-electron chi connectivity index (χ4n) is 3.28. The summed E-state index contributed by atoms with van der Waals surface area (Å²) < 4.78 is 13.0. The number of aryl methyl sites for hydroxylation is 2. The van der Waals surface area contributed by atoms with Crippen LogP contribution in [0.5, 0.6) is 5.75 Å². The number of piperidine rings is 1. The van der Waals surface area contributed by atoms with Crippen LogP contribution in [-0.2, 0) is 7.05 Å². The zero-order chi connectivity index (χ0) is 18.8. The van der Waals surface area contributed by atoms with Gasteiger partial charge in [-0.05, 0) is 24.6 Å². The van der Waals surface area contributed by atoms with E-state index < -0.39 is 0 Å². The third kappa shape index (κ3) is 3.86. The first-order valence-electron chi connectivity index (χ1n) is 9.07. The van der Waals surface area contributed by atoms with Gasteiger partial charge < -0.3 is 14.2 Å². The summed E-state index contributed by atoms with van der Waals surface area (Å²) in [6.45, 7) is 3.32. The summed E-state index contributed by atoms with van der Waals surface area (Å²) in [5.41, 5.74) is 2.62. The molecule has 3 heterocycles. The molecule has 1 aliphatic heterocycles. The molecule has 3 aromatic rings. The summed E-state index contributed by atoms with van der Waals surface area (Å²) in [5, 5.41) is 8.10. The first-order chi connectivity index (χ1) is 13.1. The Morgan fingerprint density at radius 2 is 2.07 bits per heavy atom. The van der Waals surface area contributed by atoms with E-state index in [1.165, 1.54) is 5.56 Å². The van der Waals surface area contributed by atoms with E-state index >= 15 is 0 Å². The lowest BCUT2D eigenvalue weighted by molar-refractivity contribution is 0.0558. The van der Waals surface area contributed by atoms with Gasteiger partial charge in [0.15, 0.2) is 0 Å². The van der Waals surface area contributed by atoms with Crippen molar-refractivity contribution in [1.82, 2.24) is 19.8 Å². The van der Waals surface area contributed by atoms with Crippen LogP contribution in [0.2, 0.25) is 0 Å². The summed E-state index contributed by atoms with van der Waals surface area (Å²) in [6, 6.07) is 9.72.